The van der Waals surface area contributed by atoms with Gasteiger partial charge in [-0.05, 0) is 38.1 Å². The first kappa shape index (κ1) is 75.9. The number of fused-ring (bicyclic) bond motifs is 2. The van der Waals surface area contributed by atoms with Crippen molar-refractivity contribution >= 4 is 21.5 Å². The molecule has 0 atom stereocenters. The van der Waals surface area contributed by atoms with E-state index in [0.717, 1.165) is 51.8 Å². The molecule has 26 heteroatoms. The van der Waals surface area contributed by atoms with Gasteiger partial charge in [-0.2, -0.15) is 36.5 Å². The average Bonchev–Trinajstić information content (AvgIpc) is 1.19. The second-order valence-electron chi connectivity index (χ2n) is 25.2. The minimum atomic E-state index is -4.56. The third-order valence-corrected chi connectivity index (χ3v) is 15.3. The van der Waals surface area contributed by atoms with E-state index in [2.05, 4.69) is 106 Å². The van der Waals surface area contributed by atoms with E-state index in [1.807, 2.05) is 113 Å². The van der Waals surface area contributed by atoms with Gasteiger partial charge in [-0.15, -0.1) is 130 Å². The zero-order valence-corrected chi connectivity index (χ0v) is 60.6. The maximum atomic E-state index is 15.1. The zero-order valence-electron chi connectivity index (χ0n) is 55.8. The van der Waals surface area contributed by atoms with Gasteiger partial charge in [0.1, 0.15) is 34.4 Å². The largest absolute Gasteiger partial charge is 3.00 e. The van der Waals surface area contributed by atoms with Crippen LogP contribution in [-0.4, -0.2) is 60.5 Å². The summed E-state index contributed by atoms with van der Waals surface area (Å²) >= 11 is 0. The first-order chi connectivity index (χ1) is 47.3. The van der Waals surface area contributed by atoms with Crippen LogP contribution in [0.15, 0.2) is 158 Å². The Hall–Kier alpha value is -10.3. The molecule has 0 aliphatic rings. The van der Waals surface area contributed by atoms with Gasteiger partial charge >= 0.3 is 52.6 Å². The van der Waals surface area contributed by atoms with E-state index in [1.165, 1.54) is 24.3 Å². The topological polar surface area (TPSA) is 189 Å². The summed E-state index contributed by atoms with van der Waals surface area (Å²) in [5, 5.41) is 29.7. The number of benzene rings is 6. The number of H-pyrrole nitrogens is 2. The Morgan fingerprint density at radius 2 is 0.765 bits per heavy atom. The third-order valence-electron chi connectivity index (χ3n) is 15.3. The molecular weight excluding hydrogens is 1680 g/mol. The molecule has 0 bridgehead atoms. The molecule has 14 rings (SSSR count). The van der Waals surface area contributed by atoms with Crippen molar-refractivity contribution in [2.45, 2.75) is 92.4 Å². The van der Waals surface area contributed by atoms with Crippen LogP contribution in [0.2, 0.25) is 0 Å². The van der Waals surface area contributed by atoms with Crippen molar-refractivity contribution in [3.8, 4) is 90.8 Å². The Balaban J connectivity index is 0.000000157. The number of nitrogens with zero attached hydrogens (tertiary/aromatic N) is 12. The Labute approximate surface area is 606 Å². The molecule has 0 fully saturated rings. The van der Waals surface area contributed by atoms with Crippen LogP contribution in [0.4, 0.5) is 43.9 Å². The zero-order chi connectivity index (χ0) is 71.6. The second kappa shape index (κ2) is 30.9. The van der Waals surface area contributed by atoms with Gasteiger partial charge < -0.3 is 20.4 Å². The monoisotopic (exact) mass is 1740 g/mol. The number of alkyl halides is 6. The van der Waals surface area contributed by atoms with Crippen molar-refractivity contribution in [3.63, 3.8) is 0 Å². The molecule has 14 nitrogen and oxygen atoms in total. The summed E-state index contributed by atoms with van der Waals surface area (Å²) in [5.74, 6) is -0.940. The molecule has 6 aromatic carbocycles. The van der Waals surface area contributed by atoms with Gasteiger partial charge in [-0.1, -0.05) is 127 Å². The van der Waals surface area contributed by atoms with Crippen molar-refractivity contribution in [1.29, 1.82) is 0 Å². The quantitative estimate of drug-likeness (QED) is 0.108. The maximum Gasteiger partial charge on any atom is 3.00 e. The van der Waals surface area contributed by atoms with Crippen LogP contribution in [-0.2, 0) is 63.4 Å². The standard InChI is InChI=1S/C20H12F4N3.C20H14FN3.C18H15F4N4.C18H17FN4.2Ir/c1-11-6-8-12(9-7-11)18-17(21)13-4-2-3-5-14(13)19(25-18)15-10-16(27-26-15)20(22,23)24;1-12-7-9-14(10-8-12)19-18(21)15-5-3-4-6-16(15)20(22-19)17-11-13(2)23-24-17;1-17(2,3)14-8-12(13-9-15(26-25-13)18(20,21)22)23-16(24-14)10-4-6-11(19)7-5-10;1-11-9-15(23-22-11)14-10-16(18(2,3)4)21-17(20-14)12-5-7-13(19)8-6-12;;/h2-8,10H,1H3,(H,26,27);3-9,11H,1-2H3;4,6-9H,1-3H3,(H,25,26);5,7-10H,1-4H3;;/q-1;-2;-1;-2;2*+3. The van der Waals surface area contributed by atoms with E-state index in [9.17, 15) is 35.1 Å². The van der Waals surface area contributed by atoms with Crippen LogP contribution in [0.3, 0.4) is 0 Å². The van der Waals surface area contributed by atoms with E-state index < -0.39 is 35.4 Å². The fourth-order valence-electron chi connectivity index (χ4n) is 9.97. The average molecular weight is 1740 g/mol. The molecule has 14 aromatic rings. The van der Waals surface area contributed by atoms with Crippen LogP contribution in [0, 0.1) is 75.2 Å². The molecule has 0 saturated carbocycles. The number of hydrogen-bond donors (Lipinski definition) is 2. The number of hydrogen-bond acceptors (Lipinski definition) is 10. The normalized spacial score (nSPS) is 11.6. The van der Waals surface area contributed by atoms with Crippen LogP contribution >= 0.6 is 0 Å². The van der Waals surface area contributed by atoms with Gasteiger partial charge in [0.2, 0.25) is 0 Å². The van der Waals surface area contributed by atoms with Crippen molar-refractivity contribution in [2.75, 3.05) is 0 Å². The minimum Gasteiger partial charge on any atom is -0.574 e. The molecule has 102 heavy (non-hydrogen) atoms. The molecule has 0 aliphatic carbocycles. The predicted octanol–water partition coefficient (Wildman–Crippen LogP) is 18.5. The predicted molar refractivity (Wildman–Crippen MR) is 359 cm³/mol. The van der Waals surface area contributed by atoms with Crippen molar-refractivity contribution < 1.29 is 84.1 Å². The summed E-state index contributed by atoms with van der Waals surface area (Å²) in [6.45, 7) is 19.6. The summed E-state index contributed by atoms with van der Waals surface area (Å²) in [6, 6.07) is 53.4. The van der Waals surface area contributed by atoms with Gasteiger partial charge in [-0.3, -0.25) is 48.9 Å². The van der Waals surface area contributed by atoms with E-state index in [1.54, 1.807) is 60.7 Å². The summed E-state index contributed by atoms with van der Waals surface area (Å²) in [6.07, 6.45) is -9.09. The third kappa shape index (κ3) is 17.7. The molecule has 8 heterocycles. The Bertz CT molecular complexity index is 5230. The van der Waals surface area contributed by atoms with E-state index in [4.69, 9.17) is 0 Å². The smallest absolute Gasteiger partial charge is 0.574 e. The van der Waals surface area contributed by atoms with Gasteiger partial charge in [0.25, 0.3) is 0 Å². The molecule has 0 amide bonds. The number of rotatable bonds is 8. The summed E-state index contributed by atoms with van der Waals surface area (Å²) in [7, 11) is 0. The fourth-order valence-corrected chi connectivity index (χ4v) is 9.97. The first-order valence-corrected chi connectivity index (χ1v) is 30.8. The van der Waals surface area contributed by atoms with E-state index in [0.29, 0.717) is 67.3 Å². The summed E-state index contributed by atoms with van der Waals surface area (Å²) in [5.41, 5.74) is 8.25. The molecule has 8 aromatic heterocycles. The molecule has 2 N–H and O–H groups in total. The molecule has 0 aliphatic heterocycles. The van der Waals surface area contributed by atoms with Crippen LogP contribution in [0.5, 0.6) is 0 Å². The molecule has 520 valence electrons. The number of aryl methyl sites for hydroxylation is 4. The Morgan fingerprint density at radius 3 is 1.17 bits per heavy atom. The molecule has 0 spiro atoms. The van der Waals surface area contributed by atoms with Gasteiger partial charge in [0, 0.05) is 89.6 Å². The minimum absolute atomic E-state index is 0. The molecule has 0 unspecified atom stereocenters. The van der Waals surface area contributed by atoms with Gasteiger partial charge in [0.05, 0.1) is 23.0 Å². The second-order valence-corrected chi connectivity index (χ2v) is 25.2. The van der Waals surface area contributed by atoms with Gasteiger partial charge in [-0.25, -0.2) is 8.78 Å². The Kier molecular flexibility index (Phi) is 23.0. The van der Waals surface area contributed by atoms with Crippen LogP contribution < -0.4 is 10.2 Å². The van der Waals surface area contributed by atoms with E-state index >= 15 is 8.78 Å². The number of halogens is 10. The first-order valence-electron chi connectivity index (χ1n) is 30.8. The number of aromatic amines is 2. The van der Waals surface area contributed by atoms with Crippen LogP contribution in [0.1, 0.15) is 86.8 Å². The molecular formula is C76H58F10Ir2N14. The van der Waals surface area contributed by atoms with Crippen molar-refractivity contribution in [2.24, 2.45) is 0 Å². The van der Waals surface area contributed by atoms with E-state index in [-0.39, 0.29) is 108 Å². The summed E-state index contributed by atoms with van der Waals surface area (Å²) < 4.78 is 134. The number of nitrogens with one attached hydrogen (secondary N) is 2. The van der Waals surface area contributed by atoms with Crippen molar-refractivity contribution in [3.05, 3.63) is 251 Å². The SMILES string of the molecule is CC(C)(C)c1cc(-c2cc(C(F)(F)F)[nH]n2)nc(-c2[c-]cc(F)cc2)n1.Cc1c[c-]c(-c2nc(-c3cc(C(F)(F)F)[nH]n3)c3ccccc3c2F)cc1.Cc1c[c-]c(-c2nc(-c3cc(C)n[n-]3)c3ccccc3c2F)cc1.Cc1cc(-c2cc(C(C)(C)C)nc(-c3[c-]cc(F)cc3)n2)[n-]n1.[Ir+3].[Ir+3]. The number of aromatic nitrogens is 14. The Morgan fingerprint density at radius 1 is 0.373 bits per heavy atom. The van der Waals surface area contributed by atoms with Gasteiger partial charge in [0.15, 0.2) is 0 Å². The molecule has 0 saturated heterocycles. The van der Waals surface area contributed by atoms with Crippen LogP contribution in [0.25, 0.3) is 112 Å². The molecule has 0 radical (unpaired) electrons. The number of pyridine rings is 2. The van der Waals surface area contributed by atoms with Crippen molar-refractivity contribution in [1.82, 2.24) is 70.7 Å². The summed E-state index contributed by atoms with van der Waals surface area (Å²) in [4.78, 5) is 26.8. The maximum absolute atomic E-state index is 15.1. The fraction of sp³-hybridized carbons (Fsp3) is 0.184.